The monoisotopic (exact) mass is 456 g/mol. The quantitative estimate of drug-likeness (QED) is 0.629. The van der Waals surface area contributed by atoms with E-state index in [-0.39, 0.29) is 35.3 Å². The molecule has 1 aliphatic carbocycles. The molecule has 0 radical (unpaired) electrons. The molecule has 2 fully saturated rings. The van der Waals surface area contributed by atoms with Gasteiger partial charge >= 0.3 is 0 Å². The molecule has 32 heavy (non-hydrogen) atoms. The molecule has 1 aliphatic heterocycles. The van der Waals surface area contributed by atoms with Gasteiger partial charge in [-0.05, 0) is 49.1 Å². The summed E-state index contributed by atoms with van der Waals surface area (Å²) in [6, 6.07) is 10.1. The number of aromatic nitrogens is 1. The molecule has 2 aromatic heterocycles. The molecule has 3 unspecified atom stereocenters. The Kier molecular flexibility index (Phi) is 5.71. The van der Waals surface area contributed by atoms with E-state index >= 15 is 0 Å². The molecule has 3 aromatic rings. The van der Waals surface area contributed by atoms with Gasteiger partial charge in [-0.25, -0.2) is 8.42 Å². The number of carbonyl (C=O) groups is 1. The van der Waals surface area contributed by atoms with E-state index in [2.05, 4.69) is 10.3 Å². The van der Waals surface area contributed by atoms with Gasteiger partial charge < -0.3 is 19.2 Å². The van der Waals surface area contributed by atoms with Gasteiger partial charge in [-0.15, -0.1) is 0 Å². The topological polar surface area (TPSA) is 108 Å². The largest absolute Gasteiger partial charge is 0.449 e. The van der Waals surface area contributed by atoms with Crippen molar-refractivity contribution < 1.29 is 27.1 Å². The van der Waals surface area contributed by atoms with Crippen LogP contribution in [0.2, 0.25) is 0 Å². The maximum Gasteiger partial charge on any atom is 0.287 e. The summed E-state index contributed by atoms with van der Waals surface area (Å²) in [7, 11) is -3.46. The van der Waals surface area contributed by atoms with Crippen molar-refractivity contribution >= 4 is 26.7 Å². The molecule has 1 aromatic carbocycles. The van der Waals surface area contributed by atoms with Crippen molar-refractivity contribution in [3.05, 3.63) is 60.1 Å². The number of pyridine rings is 1. The molecular formula is C23H24N2O6S. The third-order valence-electron chi connectivity index (χ3n) is 6.12. The second kappa shape index (κ2) is 8.65. The molecular weight excluding hydrogens is 432 g/mol. The van der Waals surface area contributed by atoms with Gasteiger partial charge in [0.1, 0.15) is 0 Å². The van der Waals surface area contributed by atoms with Gasteiger partial charge in [-0.2, -0.15) is 0 Å². The van der Waals surface area contributed by atoms with Crippen LogP contribution in [0.5, 0.6) is 0 Å². The van der Waals surface area contributed by atoms with Crippen LogP contribution < -0.4 is 5.32 Å². The number of fused-ring (bicyclic) bond motifs is 2. The molecule has 1 N–H and O–H groups in total. The first-order chi connectivity index (χ1) is 15.5. The highest BCUT2D eigenvalue weighted by Gasteiger charge is 2.40. The number of benzene rings is 1. The van der Waals surface area contributed by atoms with Crippen molar-refractivity contribution in [2.45, 2.75) is 48.2 Å². The first kappa shape index (κ1) is 21.1. The van der Waals surface area contributed by atoms with E-state index < -0.39 is 15.1 Å². The van der Waals surface area contributed by atoms with Crippen LogP contribution in [0.3, 0.4) is 0 Å². The SMILES string of the molecule is O=C(NCc1ccc(S(=O)(=O)C2CCC3OCCOC3C2)cc1)c1cc2ccncc2o1. The number of hydrogen-bond donors (Lipinski definition) is 1. The lowest BCUT2D eigenvalue weighted by molar-refractivity contribution is -0.153. The Hall–Kier alpha value is -2.75. The first-order valence-corrected chi connectivity index (χ1v) is 12.2. The van der Waals surface area contributed by atoms with Gasteiger partial charge in [0.2, 0.25) is 0 Å². The molecule has 8 nitrogen and oxygen atoms in total. The van der Waals surface area contributed by atoms with Crippen LogP contribution in [0.1, 0.15) is 35.4 Å². The normalized spacial score (nSPS) is 23.6. The van der Waals surface area contributed by atoms with E-state index in [9.17, 15) is 13.2 Å². The Bertz CT molecular complexity index is 1190. The van der Waals surface area contributed by atoms with Gasteiger partial charge in [0, 0.05) is 18.1 Å². The van der Waals surface area contributed by atoms with E-state index in [0.29, 0.717) is 38.1 Å². The van der Waals surface area contributed by atoms with Gasteiger partial charge in [-0.3, -0.25) is 9.78 Å². The summed E-state index contributed by atoms with van der Waals surface area (Å²) in [5.74, 6) is -0.138. The Labute approximate surface area is 185 Å². The van der Waals surface area contributed by atoms with E-state index in [1.807, 2.05) is 0 Å². The van der Waals surface area contributed by atoms with Gasteiger partial charge in [0.25, 0.3) is 5.91 Å². The number of carbonyl (C=O) groups excluding carboxylic acids is 1. The Morgan fingerprint density at radius 3 is 2.62 bits per heavy atom. The minimum atomic E-state index is -3.46. The van der Waals surface area contributed by atoms with Crippen molar-refractivity contribution in [2.24, 2.45) is 0 Å². The molecule has 1 saturated carbocycles. The highest BCUT2D eigenvalue weighted by Crippen LogP contribution is 2.33. The number of sulfone groups is 1. The molecule has 5 rings (SSSR count). The van der Waals surface area contributed by atoms with Crippen molar-refractivity contribution in [3.8, 4) is 0 Å². The number of nitrogens with zero attached hydrogens (tertiary/aromatic N) is 1. The molecule has 0 spiro atoms. The summed E-state index contributed by atoms with van der Waals surface area (Å²) in [6.07, 6.45) is 4.76. The minimum absolute atomic E-state index is 0.00389. The maximum atomic E-state index is 13.1. The lowest BCUT2D eigenvalue weighted by Crippen LogP contribution is -2.46. The Balaban J connectivity index is 1.22. The van der Waals surface area contributed by atoms with Crippen molar-refractivity contribution in [2.75, 3.05) is 13.2 Å². The molecule has 168 valence electrons. The number of hydrogen-bond acceptors (Lipinski definition) is 7. The number of rotatable bonds is 5. The third-order valence-corrected chi connectivity index (χ3v) is 8.36. The average molecular weight is 457 g/mol. The van der Waals surface area contributed by atoms with Gasteiger partial charge in [0.15, 0.2) is 21.2 Å². The van der Waals surface area contributed by atoms with E-state index in [4.69, 9.17) is 13.9 Å². The molecule has 1 saturated heterocycles. The number of furan rings is 1. The fraction of sp³-hybridized carbons (Fsp3) is 0.391. The van der Waals surface area contributed by atoms with Gasteiger partial charge in [-0.1, -0.05) is 12.1 Å². The number of nitrogens with one attached hydrogen (secondary N) is 1. The van der Waals surface area contributed by atoms with E-state index in [1.165, 1.54) is 0 Å². The lowest BCUT2D eigenvalue weighted by atomic mass is 9.93. The maximum absolute atomic E-state index is 13.1. The summed E-state index contributed by atoms with van der Waals surface area (Å²) in [5, 5.41) is 3.13. The summed E-state index contributed by atoms with van der Waals surface area (Å²) < 4.78 is 43.2. The summed E-state index contributed by atoms with van der Waals surface area (Å²) in [6.45, 7) is 1.34. The summed E-state index contributed by atoms with van der Waals surface area (Å²) >= 11 is 0. The Morgan fingerprint density at radius 1 is 1.06 bits per heavy atom. The minimum Gasteiger partial charge on any atom is -0.449 e. The molecule has 1 amide bonds. The zero-order valence-electron chi connectivity index (χ0n) is 17.4. The van der Waals surface area contributed by atoms with Crippen LogP contribution in [0, 0.1) is 0 Å². The predicted molar refractivity (Wildman–Crippen MR) is 116 cm³/mol. The van der Waals surface area contributed by atoms with E-state index in [0.717, 1.165) is 10.9 Å². The summed E-state index contributed by atoms with van der Waals surface area (Å²) in [5.41, 5.74) is 1.34. The van der Waals surface area contributed by atoms with Gasteiger partial charge in [0.05, 0.1) is 41.8 Å². The van der Waals surface area contributed by atoms with Crippen molar-refractivity contribution in [3.63, 3.8) is 0 Å². The molecule has 9 heteroatoms. The van der Waals surface area contributed by atoms with Crippen molar-refractivity contribution in [1.82, 2.24) is 10.3 Å². The standard InChI is InChI=1S/C23H24N2O6S/c26-23(21-11-16-7-8-24-14-22(16)31-21)25-13-15-1-3-17(4-2-15)32(27,28)18-5-6-19-20(12-18)30-10-9-29-19/h1-4,7-8,11,14,18-20H,5-6,9-10,12-13H2,(H,25,26). The van der Waals surface area contributed by atoms with Crippen LogP contribution >= 0.6 is 0 Å². The van der Waals surface area contributed by atoms with Crippen LogP contribution in [0.15, 0.2) is 58.1 Å². The number of ether oxygens (including phenoxy) is 2. The predicted octanol–water partition coefficient (Wildman–Crippen LogP) is 2.87. The van der Waals surface area contributed by atoms with Crippen LogP contribution in [0.25, 0.3) is 11.0 Å². The third kappa shape index (κ3) is 4.15. The summed E-state index contributed by atoms with van der Waals surface area (Å²) in [4.78, 5) is 16.7. The zero-order valence-corrected chi connectivity index (χ0v) is 18.2. The molecule has 2 aliphatic rings. The molecule has 3 atom stereocenters. The highest BCUT2D eigenvalue weighted by molar-refractivity contribution is 7.92. The zero-order chi connectivity index (χ0) is 22.1. The second-order valence-electron chi connectivity index (χ2n) is 8.15. The molecule has 3 heterocycles. The highest BCUT2D eigenvalue weighted by atomic mass is 32.2. The molecule has 0 bridgehead atoms. The van der Waals surface area contributed by atoms with Crippen LogP contribution in [-0.2, 0) is 25.9 Å². The smallest absolute Gasteiger partial charge is 0.287 e. The lowest BCUT2D eigenvalue weighted by Gasteiger charge is -2.38. The van der Waals surface area contributed by atoms with Crippen LogP contribution in [0.4, 0.5) is 0 Å². The Morgan fingerprint density at radius 2 is 1.84 bits per heavy atom. The second-order valence-corrected chi connectivity index (χ2v) is 10.4. The average Bonchev–Trinajstić information content (AvgIpc) is 3.27. The van der Waals surface area contributed by atoms with Crippen LogP contribution in [-0.4, -0.2) is 50.0 Å². The fourth-order valence-corrected chi connectivity index (χ4v) is 6.16. The van der Waals surface area contributed by atoms with E-state index in [1.54, 1.807) is 48.8 Å². The van der Waals surface area contributed by atoms with Crippen molar-refractivity contribution in [1.29, 1.82) is 0 Å². The number of amides is 1. The fourth-order valence-electron chi connectivity index (χ4n) is 4.37. The first-order valence-electron chi connectivity index (χ1n) is 10.7.